The number of rotatable bonds is 16. The summed E-state index contributed by atoms with van der Waals surface area (Å²) in [5.74, 6) is 0.867. The lowest BCUT2D eigenvalue weighted by atomic mass is 10.00. The number of ether oxygens (including phenoxy) is 1. The van der Waals surface area contributed by atoms with E-state index in [4.69, 9.17) is 9.72 Å². The molecule has 0 saturated heterocycles. The van der Waals surface area contributed by atoms with Crippen molar-refractivity contribution in [2.75, 3.05) is 39.8 Å². The van der Waals surface area contributed by atoms with E-state index in [9.17, 15) is 19.2 Å². The average Bonchev–Trinajstić information content (AvgIpc) is 4.01. The number of urea groups is 1. The lowest BCUT2D eigenvalue weighted by molar-refractivity contribution is -0.131. The highest BCUT2D eigenvalue weighted by Gasteiger charge is 2.19. The van der Waals surface area contributed by atoms with Gasteiger partial charge in [-0.1, -0.05) is 84.7 Å². The molecule has 2 aromatic carbocycles. The molecule has 5 amide bonds. The van der Waals surface area contributed by atoms with Gasteiger partial charge in [-0.25, -0.2) is 24.5 Å². The van der Waals surface area contributed by atoms with Gasteiger partial charge in [0.2, 0.25) is 11.8 Å². The summed E-state index contributed by atoms with van der Waals surface area (Å²) < 4.78 is 5.88. The van der Waals surface area contributed by atoms with E-state index in [0.29, 0.717) is 24.7 Å². The van der Waals surface area contributed by atoms with Gasteiger partial charge in [0.05, 0.1) is 65.7 Å². The Kier molecular flexibility index (Phi) is 19.9. The number of fused-ring (bicyclic) bond motifs is 1. The Morgan fingerprint density at radius 2 is 1.21 bits per heavy atom. The predicted molar refractivity (Wildman–Crippen MR) is 231 cm³/mol. The summed E-state index contributed by atoms with van der Waals surface area (Å²) in [5.41, 5.74) is 8.23. The molecule has 0 aliphatic carbocycles. The molecule has 16 heteroatoms. The maximum absolute atomic E-state index is 12.8. The molecule has 5 N–H and O–H groups in total. The average molecular weight is 817 g/mol. The van der Waals surface area contributed by atoms with Crippen molar-refractivity contribution in [3.63, 3.8) is 0 Å². The van der Waals surface area contributed by atoms with E-state index in [1.165, 1.54) is 19.9 Å². The van der Waals surface area contributed by atoms with E-state index in [0.717, 1.165) is 56.7 Å². The number of nitrogens with zero attached hydrogens (tertiary/aromatic N) is 5. The molecular weight excluding hydrogens is 757 g/mol. The van der Waals surface area contributed by atoms with Gasteiger partial charge in [0.15, 0.2) is 0 Å². The van der Waals surface area contributed by atoms with Crippen molar-refractivity contribution in [3.8, 4) is 33.6 Å². The maximum atomic E-state index is 12.8. The van der Waals surface area contributed by atoms with Crippen molar-refractivity contribution in [2.45, 2.75) is 87.2 Å². The molecule has 15 nitrogen and oxygen atoms in total. The van der Waals surface area contributed by atoms with Crippen molar-refractivity contribution in [1.29, 1.82) is 0 Å². The molecule has 0 atom stereocenters. The lowest BCUT2D eigenvalue weighted by Gasteiger charge is -2.21. The second-order valence-corrected chi connectivity index (χ2v) is 14.2. The summed E-state index contributed by atoms with van der Waals surface area (Å²) in [6.07, 6.45) is 6.92. The van der Waals surface area contributed by atoms with Crippen LogP contribution in [0.5, 0.6) is 0 Å². The molecule has 3 heterocycles. The largest absolute Gasteiger partial charge is 0.450 e. The Labute approximate surface area is 345 Å². The van der Waals surface area contributed by atoms with E-state index < -0.39 is 12.1 Å². The van der Waals surface area contributed by atoms with Crippen LogP contribution in [0, 0.1) is 0 Å². The number of hydrogen-bond acceptors (Lipinski definition) is 9. The Morgan fingerprint density at radius 1 is 0.690 bits per heavy atom. The number of carbonyl (C=O) groups excluding carboxylic acids is 4. The Hall–Kier alpha value is -5.77. The minimum absolute atomic E-state index is 0.100. The van der Waals surface area contributed by atoms with Crippen LogP contribution in [0.15, 0.2) is 54.3 Å². The normalized spacial score (nSPS) is 10.4. The summed E-state index contributed by atoms with van der Waals surface area (Å²) in [5, 5.41) is 7.49. The van der Waals surface area contributed by atoms with Crippen LogP contribution in [-0.4, -0.2) is 98.5 Å². The van der Waals surface area contributed by atoms with Crippen LogP contribution in [-0.2, 0) is 27.4 Å². The van der Waals surface area contributed by atoms with E-state index in [-0.39, 0.29) is 44.6 Å². The number of imidazole rings is 2. The van der Waals surface area contributed by atoms with Gasteiger partial charge in [-0.3, -0.25) is 9.59 Å². The van der Waals surface area contributed by atoms with Crippen molar-refractivity contribution >= 4 is 45.5 Å². The standard InChI is InChI=1S/C36H44N10O5S.2C3H8/c1-5-14-45(31(47)18-40-35(49)37-4)21-30-39-17-28(44-30)26-13-12-25(34-33(26)42-22-52-34)23-8-10-24(11-9-23)27-16-38-29(43-27)20-46(15-6-2)32(48)19-41-36(50)51-7-3;2*1-3-2/h8-13,16-17,22H,5-7,14-15,18-21H2,1-4H3,(H,38,43)(H,39,44)(H,41,50)(H2,37,40,49);2*3H2,1-2H3. The summed E-state index contributed by atoms with van der Waals surface area (Å²) in [6.45, 7) is 15.8. The number of carbonyl (C=O) groups is 4. The molecule has 0 aliphatic rings. The number of aromatic nitrogens is 5. The first-order valence-corrected chi connectivity index (χ1v) is 20.9. The van der Waals surface area contributed by atoms with Crippen LogP contribution in [0.4, 0.5) is 9.59 Å². The first-order valence-electron chi connectivity index (χ1n) is 20.0. The Balaban J connectivity index is 0.00000141. The predicted octanol–water partition coefficient (Wildman–Crippen LogP) is 7.73. The molecule has 58 heavy (non-hydrogen) atoms. The molecule has 0 bridgehead atoms. The number of amides is 5. The smallest absolute Gasteiger partial charge is 0.407 e. The van der Waals surface area contributed by atoms with Crippen molar-refractivity contribution in [3.05, 3.63) is 66.0 Å². The fourth-order valence-corrected chi connectivity index (χ4v) is 6.53. The molecule has 314 valence electrons. The molecule has 5 rings (SSSR count). The highest BCUT2D eigenvalue weighted by Crippen LogP contribution is 2.37. The minimum atomic E-state index is -0.620. The summed E-state index contributed by atoms with van der Waals surface area (Å²) in [4.78, 5) is 72.5. The summed E-state index contributed by atoms with van der Waals surface area (Å²) in [6, 6.07) is 11.9. The maximum Gasteiger partial charge on any atom is 0.407 e. The first kappa shape index (κ1) is 46.6. The molecule has 3 aromatic heterocycles. The number of H-pyrrole nitrogens is 2. The van der Waals surface area contributed by atoms with Gasteiger partial charge in [0.25, 0.3) is 0 Å². The third-order valence-electron chi connectivity index (χ3n) is 8.20. The zero-order valence-electron chi connectivity index (χ0n) is 35.2. The number of aromatic amines is 2. The fraction of sp³-hybridized carbons (Fsp3) is 0.452. The molecule has 5 aromatic rings. The number of nitrogens with one attached hydrogen (secondary N) is 5. The van der Waals surface area contributed by atoms with Crippen LogP contribution >= 0.6 is 11.3 Å². The van der Waals surface area contributed by atoms with E-state index in [1.54, 1.807) is 40.5 Å². The molecular formula is C42H60N10O5S. The Morgan fingerprint density at radius 3 is 1.76 bits per heavy atom. The van der Waals surface area contributed by atoms with Crippen molar-refractivity contribution < 1.29 is 23.9 Å². The molecule has 0 saturated carbocycles. The van der Waals surface area contributed by atoms with E-state index >= 15 is 0 Å². The van der Waals surface area contributed by atoms with Crippen LogP contribution in [0.25, 0.3) is 43.9 Å². The van der Waals surface area contributed by atoms with Gasteiger partial charge in [-0.05, 0) is 37.0 Å². The number of benzene rings is 2. The molecule has 0 fully saturated rings. The van der Waals surface area contributed by atoms with Crippen LogP contribution < -0.4 is 16.0 Å². The SMILES string of the molecule is CCC.CCC.CCCN(Cc1ncc(-c2ccc(-c3ccc(-c4cnc(CN(CCC)C(=O)CNC(=O)NC)[nH]4)c4ncsc34)cc2)[nH]1)C(=O)CNC(=O)OCC. The molecule has 0 aliphatic heterocycles. The second kappa shape index (κ2) is 24.8. The zero-order valence-corrected chi connectivity index (χ0v) is 36.0. The van der Waals surface area contributed by atoms with Gasteiger partial charge in [0, 0.05) is 31.3 Å². The van der Waals surface area contributed by atoms with Crippen molar-refractivity contribution in [1.82, 2.24) is 50.7 Å². The summed E-state index contributed by atoms with van der Waals surface area (Å²) in [7, 11) is 1.50. The second-order valence-electron chi connectivity index (χ2n) is 13.3. The van der Waals surface area contributed by atoms with Gasteiger partial charge in [-0.2, -0.15) is 0 Å². The number of hydrogen-bond donors (Lipinski definition) is 5. The van der Waals surface area contributed by atoms with E-state index in [1.807, 2.05) is 37.6 Å². The van der Waals surface area contributed by atoms with Crippen molar-refractivity contribution in [2.24, 2.45) is 0 Å². The summed E-state index contributed by atoms with van der Waals surface area (Å²) >= 11 is 1.56. The zero-order chi connectivity index (χ0) is 42.5. The van der Waals surface area contributed by atoms with Gasteiger partial charge >= 0.3 is 12.1 Å². The third kappa shape index (κ3) is 13.7. The van der Waals surface area contributed by atoms with Gasteiger partial charge in [0.1, 0.15) is 18.2 Å². The minimum Gasteiger partial charge on any atom is -0.450 e. The monoisotopic (exact) mass is 816 g/mol. The fourth-order valence-electron chi connectivity index (χ4n) is 5.68. The Bertz CT molecular complexity index is 2020. The first-order chi connectivity index (χ1) is 28.1. The molecule has 0 unspecified atom stereocenters. The third-order valence-corrected chi connectivity index (χ3v) is 9.06. The highest BCUT2D eigenvalue weighted by atomic mass is 32.1. The lowest BCUT2D eigenvalue weighted by Crippen LogP contribution is -2.43. The van der Waals surface area contributed by atoms with Crippen LogP contribution in [0.3, 0.4) is 0 Å². The van der Waals surface area contributed by atoms with Gasteiger partial charge < -0.3 is 40.5 Å². The van der Waals surface area contributed by atoms with E-state index in [2.05, 4.69) is 81.8 Å². The molecule has 0 spiro atoms. The topological polar surface area (TPSA) is 190 Å². The number of alkyl carbamates (subject to hydrolysis) is 1. The molecule has 0 radical (unpaired) electrons. The quantitative estimate of drug-likeness (QED) is 0.0669. The van der Waals surface area contributed by atoms with Gasteiger partial charge in [-0.15, -0.1) is 11.3 Å². The number of thiazole rings is 1. The highest BCUT2D eigenvalue weighted by molar-refractivity contribution is 7.17. The van der Waals surface area contributed by atoms with Crippen LogP contribution in [0.2, 0.25) is 0 Å². The van der Waals surface area contributed by atoms with Crippen LogP contribution in [0.1, 0.15) is 85.8 Å².